The summed E-state index contributed by atoms with van der Waals surface area (Å²) in [5.41, 5.74) is -1.77. The molecule has 0 atom stereocenters. The number of carbonyl (C=O) groups is 1. The Morgan fingerprint density at radius 2 is 1.95 bits per heavy atom. The van der Waals surface area contributed by atoms with E-state index in [1.54, 1.807) is 0 Å². The van der Waals surface area contributed by atoms with Crippen molar-refractivity contribution < 1.29 is 23.1 Å². The Bertz CT molecular complexity index is 677. The smallest absolute Gasteiger partial charge is 0.416 e. The molecule has 0 spiro atoms. The summed E-state index contributed by atoms with van der Waals surface area (Å²) >= 11 is 0. The third-order valence-electron chi connectivity index (χ3n) is 3.11. The van der Waals surface area contributed by atoms with Crippen LogP contribution in [0.2, 0.25) is 0 Å². The van der Waals surface area contributed by atoms with E-state index >= 15 is 0 Å². The highest BCUT2D eigenvalue weighted by Gasteiger charge is 2.33. The van der Waals surface area contributed by atoms with Crippen LogP contribution in [0.5, 0.6) is 0 Å². The van der Waals surface area contributed by atoms with E-state index < -0.39 is 23.1 Å². The van der Waals surface area contributed by atoms with E-state index in [9.17, 15) is 18.0 Å². The normalized spacial score (nSPS) is 12.4. The van der Waals surface area contributed by atoms with Crippen molar-refractivity contribution in [3.8, 4) is 5.69 Å². The zero-order valence-corrected chi connectivity index (χ0v) is 11.2. The number of carboxylic acid groups (broad SMARTS) is 1. The molecule has 0 amide bonds. The first-order valence-corrected chi connectivity index (χ1v) is 5.96. The van der Waals surface area contributed by atoms with E-state index in [4.69, 9.17) is 5.11 Å². The summed E-state index contributed by atoms with van der Waals surface area (Å²) < 4.78 is 39.1. The minimum Gasteiger partial charge on any atom is -0.481 e. The van der Waals surface area contributed by atoms with Crippen LogP contribution in [0.3, 0.4) is 0 Å². The summed E-state index contributed by atoms with van der Waals surface area (Å²) in [5.74, 6) is -1.10. The summed E-state index contributed by atoms with van der Waals surface area (Å²) in [5, 5.41) is 16.5. The first-order valence-electron chi connectivity index (χ1n) is 5.96. The predicted molar refractivity (Wildman–Crippen MR) is 67.0 cm³/mol. The summed E-state index contributed by atoms with van der Waals surface area (Å²) in [6, 6.07) is 4.55. The van der Waals surface area contributed by atoms with Gasteiger partial charge in [0.05, 0.1) is 23.1 Å². The fourth-order valence-corrected chi connectivity index (χ4v) is 1.61. The fraction of sp³-hybridized carbons (Fsp3) is 0.308. The first kappa shape index (κ1) is 15.0. The van der Waals surface area contributed by atoms with E-state index in [0.29, 0.717) is 0 Å². The Balaban J connectivity index is 2.41. The van der Waals surface area contributed by atoms with Gasteiger partial charge in [0, 0.05) is 0 Å². The molecule has 1 N–H and O–H groups in total. The van der Waals surface area contributed by atoms with Gasteiger partial charge < -0.3 is 5.11 Å². The number of aliphatic carboxylic acids is 1. The molecule has 0 bridgehead atoms. The van der Waals surface area contributed by atoms with Gasteiger partial charge in [-0.2, -0.15) is 13.2 Å². The molecule has 1 aromatic carbocycles. The van der Waals surface area contributed by atoms with Crippen LogP contribution in [-0.2, 0) is 16.4 Å². The van der Waals surface area contributed by atoms with Crippen molar-refractivity contribution in [2.75, 3.05) is 0 Å². The molecule has 2 aromatic rings. The van der Waals surface area contributed by atoms with Gasteiger partial charge in [-0.3, -0.25) is 4.79 Å². The van der Waals surface area contributed by atoms with Gasteiger partial charge in [0.1, 0.15) is 5.41 Å². The van der Waals surface area contributed by atoms with Crippen LogP contribution in [0.25, 0.3) is 5.69 Å². The summed E-state index contributed by atoms with van der Waals surface area (Å²) in [6.07, 6.45) is -3.15. The topological polar surface area (TPSA) is 68.0 Å². The Labute approximate surface area is 118 Å². The van der Waals surface area contributed by atoms with Gasteiger partial charge in [0.2, 0.25) is 0 Å². The lowest BCUT2D eigenvalue weighted by molar-refractivity contribution is -0.142. The van der Waals surface area contributed by atoms with Crippen LogP contribution in [0.4, 0.5) is 13.2 Å². The van der Waals surface area contributed by atoms with E-state index in [0.717, 1.165) is 16.8 Å². The second-order valence-electron chi connectivity index (χ2n) is 5.03. The maximum atomic E-state index is 12.7. The Kier molecular flexibility index (Phi) is 3.48. The molecule has 8 heteroatoms. The number of hydrogen-bond acceptors (Lipinski definition) is 3. The molecule has 0 fully saturated rings. The SMILES string of the molecule is CC(C)(C(=O)O)c1cn(-c2cccc(C(F)(F)F)c2)nn1. The molecule has 1 aromatic heterocycles. The molecule has 21 heavy (non-hydrogen) atoms. The third-order valence-corrected chi connectivity index (χ3v) is 3.11. The largest absolute Gasteiger partial charge is 0.481 e. The molecule has 0 saturated heterocycles. The lowest BCUT2D eigenvalue weighted by Crippen LogP contribution is -2.28. The van der Waals surface area contributed by atoms with Gasteiger partial charge in [0.15, 0.2) is 0 Å². The maximum absolute atomic E-state index is 12.7. The molecular formula is C13H12F3N3O2. The van der Waals surface area contributed by atoms with Crippen LogP contribution in [0.1, 0.15) is 25.1 Å². The van der Waals surface area contributed by atoms with Crippen LogP contribution >= 0.6 is 0 Å². The van der Waals surface area contributed by atoms with E-state index in [-0.39, 0.29) is 11.4 Å². The first-order chi connectivity index (χ1) is 9.62. The quantitative estimate of drug-likeness (QED) is 0.946. The zero-order valence-electron chi connectivity index (χ0n) is 11.2. The number of hydrogen-bond donors (Lipinski definition) is 1. The average Bonchev–Trinajstić information content (AvgIpc) is 2.88. The molecule has 5 nitrogen and oxygen atoms in total. The molecule has 0 radical (unpaired) electrons. The molecule has 0 unspecified atom stereocenters. The summed E-state index contributed by atoms with van der Waals surface area (Å²) in [6.45, 7) is 2.88. The van der Waals surface area contributed by atoms with Gasteiger partial charge in [-0.05, 0) is 32.0 Å². The van der Waals surface area contributed by atoms with E-state index in [1.807, 2.05) is 0 Å². The molecule has 112 valence electrons. The lowest BCUT2D eigenvalue weighted by Gasteiger charge is -2.14. The summed E-state index contributed by atoms with van der Waals surface area (Å²) in [7, 11) is 0. The van der Waals surface area contributed by atoms with E-state index in [2.05, 4.69) is 10.3 Å². The van der Waals surface area contributed by atoms with Crippen LogP contribution in [-0.4, -0.2) is 26.1 Å². The average molecular weight is 299 g/mol. The van der Waals surface area contributed by atoms with Gasteiger partial charge in [-0.25, -0.2) is 4.68 Å². The zero-order chi connectivity index (χ0) is 15.8. The molecule has 0 aliphatic heterocycles. The molecule has 1 heterocycles. The minimum absolute atomic E-state index is 0.157. The lowest BCUT2D eigenvalue weighted by atomic mass is 9.90. The second-order valence-corrected chi connectivity index (χ2v) is 5.03. The Morgan fingerprint density at radius 3 is 2.52 bits per heavy atom. The van der Waals surface area contributed by atoms with Crippen molar-refractivity contribution in [1.82, 2.24) is 15.0 Å². The third kappa shape index (κ3) is 2.88. The van der Waals surface area contributed by atoms with Gasteiger partial charge in [-0.15, -0.1) is 5.10 Å². The van der Waals surface area contributed by atoms with Crippen molar-refractivity contribution >= 4 is 5.97 Å². The Morgan fingerprint density at radius 1 is 1.29 bits per heavy atom. The molecule has 0 aliphatic rings. The van der Waals surface area contributed by atoms with Gasteiger partial charge in [0.25, 0.3) is 0 Å². The highest BCUT2D eigenvalue weighted by atomic mass is 19.4. The summed E-state index contributed by atoms with van der Waals surface area (Å²) in [4.78, 5) is 11.1. The predicted octanol–water partition coefficient (Wildman–Crippen LogP) is 2.65. The van der Waals surface area contributed by atoms with Crippen molar-refractivity contribution in [1.29, 1.82) is 0 Å². The maximum Gasteiger partial charge on any atom is 0.416 e. The minimum atomic E-state index is -4.46. The number of rotatable bonds is 3. The highest BCUT2D eigenvalue weighted by Crippen LogP contribution is 2.30. The van der Waals surface area contributed by atoms with Crippen LogP contribution in [0.15, 0.2) is 30.5 Å². The molecule has 0 saturated carbocycles. The van der Waals surface area contributed by atoms with Crippen molar-refractivity contribution in [2.24, 2.45) is 0 Å². The molecule has 2 rings (SSSR count). The Hall–Kier alpha value is -2.38. The number of nitrogens with zero attached hydrogens (tertiary/aromatic N) is 3. The molecular weight excluding hydrogens is 287 g/mol. The monoisotopic (exact) mass is 299 g/mol. The standard InChI is InChI=1S/C13H12F3N3O2/c1-12(2,11(20)21)10-7-19(18-17-10)9-5-3-4-8(6-9)13(14,15)16/h3-7H,1-2H3,(H,20,21). The number of halogens is 3. The number of aromatic nitrogens is 3. The van der Waals surface area contributed by atoms with Gasteiger partial charge in [-0.1, -0.05) is 11.3 Å². The van der Waals surface area contributed by atoms with Crippen molar-refractivity contribution in [3.05, 3.63) is 41.7 Å². The van der Waals surface area contributed by atoms with Crippen LogP contribution < -0.4 is 0 Å². The fourth-order valence-electron chi connectivity index (χ4n) is 1.61. The van der Waals surface area contributed by atoms with Gasteiger partial charge >= 0.3 is 12.1 Å². The highest BCUT2D eigenvalue weighted by molar-refractivity contribution is 5.79. The number of carboxylic acids is 1. The van der Waals surface area contributed by atoms with Crippen molar-refractivity contribution in [3.63, 3.8) is 0 Å². The second kappa shape index (κ2) is 4.87. The number of benzene rings is 1. The van der Waals surface area contributed by atoms with Crippen molar-refractivity contribution in [2.45, 2.75) is 25.4 Å². The van der Waals surface area contributed by atoms with E-state index in [1.165, 1.54) is 32.2 Å². The molecule has 0 aliphatic carbocycles. The number of alkyl halides is 3. The van der Waals surface area contributed by atoms with Crippen LogP contribution in [0, 0.1) is 0 Å².